The lowest BCUT2D eigenvalue weighted by Gasteiger charge is -2.57. The first kappa shape index (κ1) is 15.8. The van der Waals surface area contributed by atoms with E-state index in [-0.39, 0.29) is 17.0 Å². The molecule has 1 aliphatic carbocycles. The number of carboxylic acids is 1. The molecule has 3 heteroatoms. The third kappa shape index (κ3) is 2.74. The number of hydrogen-bond acceptors (Lipinski definition) is 2. The Hall–Kier alpha value is -0.570. The molecule has 0 aromatic rings. The molecular weight excluding hydrogens is 250 g/mol. The van der Waals surface area contributed by atoms with Crippen molar-refractivity contribution in [2.24, 2.45) is 17.8 Å². The first-order valence-corrected chi connectivity index (χ1v) is 8.13. The lowest BCUT2D eigenvalue weighted by atomic mass is 9.63. The number of piperidine rings is 1. The van der Waals surface area contributed by atoms with Crippen LogP contribution in [0.2, 0.25) is 0 Å². The Kier molecular flexibility index (Phi) is 4.21. The molecule has 0 aromatic carbocycles. The number of hydrogen-bond donors (Lipinski definition) is 1. The number of likely N-dealkylation sites (tertiary alicyclic amines) is 1. The summed E-state index contributed by atoms with van der Waals surface area (Å²) < 4.78 is 0. The molecule has 3 nitrogen and oxygen atoms in total. The van der Waals surface area contributed by atoms with Gasteiger partial charge in [-0.2, -0.15) is 0 Å². The van der Waals surface area contributed by atoms with Gasteiger partial charge in [-0.05, 0) is 85.1 Å². The molecule has 20 heavy (non-hydrogen) atoms. The van der Waals surface area contributed by atoms with Crippen molar-refractivity contribution < 1.29 is 9.90 Å². The predicted octanol–water partition coefficient (Wildman–Crippen LogP) is 3.78. The fourth-order valence-electron chi connectivity index (χ4n) is 4.64. The number of carbonyl (C=O) groups is 1. The highest BCUT2D eigenvalue weighted by molar-refractivity contribution is 5.69. The summed E-state index contributed by atoms with van der Waals surface area (Å²) in [5, 5.41) is 9.14. The maximum absolute atomic E-state index is 11.1. The van der Waals surface area contributed by atoms with E-state index in [4.69, 9.17) is 5.11 Å². The van der Waals surface area contributed by atoms with E-state index in [1.807, 2.05) is 0 Å². The molecule has 1 N–H and O–H groups in total. The maximum Gasteiger partial charge on any atom is 0.306 e. The van der Waals surface area contributed by atoms with Crippen molar-refractivity contribution in [2.45, 2.75) is 77.3 Å². The third-order valence-electron chi connectivity index (χ3n) is 6.44. The zero-order valence-electron chi connectivity index (χ0n) is 13.8. The van der Waals surface area contributed by atoms with Crippen molar-refractivity contribution in [2.75, 3.05) is 7.05 Å². The van der Waals surface area contributed by atoms with Gasteiger partial charge in [-0.1, -0.05) is 0 Å². The van der Waals surface area contributed by atoms with E-state index >= 15 is 0 Å². The molecule has 1 atom stereocenters. The summed E-state index contributed by atoms with van der Waals surface area (Å²) in [6.45, 7) is 9.43. The summed E-state index contributed by atoms with van der Waals surface area (Å²) in [7, 11) is 2.26. The van der Waals surface area contributed by atoms with Crippen molar-refractivity contribution >= 4 is 5.97 Å². The highest BCUT2D eigenvalue weighted by Crippen LogP contribution is 2.48. The molecule has 1 unspecified atom stereocenters. The summed E-state index contributed by atoms with van der Waals surface area (Å²) in [6.07, 6.45) is 6.47. The van der Waals surface area contributed by atoms with Gasteiger partial charge in [0.05, 0.1) is 5.92 Å². The van der Waals surface area contributed by atoms with Gasteiger partial charge < -0.3 is 5.11 Å². The molecule has 0 spiro atoms. The molecule has 0 aromatic heterocycles. The van der Waals surface area contributed by atoms with Gasteiger partial charge in [-0.3, -0.25) is 9.69 Å². The molecule has 1 saturated carbocycles. The highest BCUT2D eigenvalue weighted by atomic mass is 16.4. The third-order valence-corrected chi connectivity index (χ3v) is 6.44. The van der Waals surface area contributed by atoms with E-state index in [1.165, 1.54) is 12.8 Å². The van der Waals surface area contributed by atoms with Gasteiger partial charge in [-0.15, -0.1) is 0 Å². The molecular formula is C17H31NO2. The van der Waals surface area contributed by atoms with Gasteiger partial charge in [0, 0.05) is 11.1 Å². The standard InChI is InChI=1S/C17H31NO2/c1-16(2)11-10-14(17(3,4)18(16)5)12-6-8-13(9-7-12)15(19)20/h12-14H,6-11H2,1-5H3,(H,19,20). The number of rotatable bonds is 2. The van der Waals surface area contributed by atoms with Gasteiger partial charge in [0.15, 0.2) is 0 Å². The van der Waals surface area contributed by atoms with Crippen LogP contribution >= 0.6 is 0 Å². The SMILES string of the molecule is CN1C(C)(C)CCC(C2CCC(C(=O)O)CC2)C1(C)C. The Labute approximate surface area is 123 Å². The zero-order valence-corrected chi connectivity index (χ0v) is 13.8. The Balaban J connectivity index is 2.05. The first-order chi connectivity index (χ1) is 9.16. The maximum atomic E-state index is 11.1. The summed E-state index contributed by atoms with van der Waals surface area (Å²) in [5.74, 6) is 0.728. The Morgan fingerprint density at radius 2 is 1.60 bits per heavy atom. The first-order valence-electron chi connectivity index (χ1n) is 8.13. The van der Waals surface area contributed by atoms with Crippen LogP contribution in [0.4, 0.5) is 0 Å². The molecule has 116 valence electrons. The van der Waals surface area contributed by atoms with Crippen LogP contribution in [0.3, 0.4) is 0 Å². The van der Waals surface area contributed by atoms with Crippen molar-refractivity contribution in [3.8, 4) is 0 Å². The fraction of sp³-hybridized carbons (Fsp3) is 0.941. The van der Waals surface area contributed by atoms with Crippen LogP contribution in [-0.4, -0.2) is 34.1 Å². The lowest BCUT2D eigenvalue weighted by Crippen LogP contribution is -2.62. The van der Waals surface area contributed by atoms with Gasteiger partial charge in [0.25, 0.3) is 0 Å². The molecule has 0 radical (unpaired) electrons. The largest absolute Gasteiger partial charge is 0.481 e. The molecule has 0 amide bonds. The summed E-state index contributed by atoms with van der Waals surface area (Å²) in [5.41, 5.74) is 0.487. The molecule has 1 aliphatic heterocycles. The van der Waals surface area contributed by atoms with E-state index < -0.39 is 5.97 Å². The smallest absolute Gasteiger partial charge is 0.306 e. The van der Waals surface area contributed by atoms with Crippen LogP contribution in [0, 0.1) is 17.8 Å². The van der Waals surface area contributed by atoms with Gasteiger partial charge in [0.2, 0.25) is 0 Å². The van der Waals surface area contributed by atoms with E-state index in [9.17, 15) is 4.79 Å². The summed E-state index contributed by atoms with van der Waals surface area (Å²) >= 11 is 0. The monoisotopic (exact) mass is 281 g/mol. The van der Waals surface area contributed by atoms with Crippen molar-refractivity contribution in [3.05, 3.63) is 0 Å². The molecule has 2 rings (SSSR count). The molecule has 2 aliphatic rings. The number of nitrogens with zero attached hydrogens (tertiary/aromatic N) is 1. The predicted molar refractivity (Wildman–Crippen MR) is 81.7 cm³/mol. The minimum absolute atomic E-state index is 0.0906. The van der Waals surface area contributed by atoms with Crippen LogP contribution in [0.15, 0.2) is 0 Å². The second kappa shape index (κ2) is 5.32. The van der Waals surface area contributed by atoms with Crippen molar-refractivity contribution in [1.29, 1.82) is 0 Å². The molecule has 2 fully saturated rings. The van der Waals surface area contributed by atoms with E-state index in [2.05, 4.69) is 39.6 Å². The van der Waals surface area contributed by atoms with E-state index in [0.717, 1.165) is 25.7 Å². The fourth-order valence-corrected chi connectivity index (χ4v) is 4.64. The minimum atomic E-state index is -0.593. The van der Waals surface area contributed by atoms with Crippen LogP contribution < -0.4 is 0 Å². The van der Waals surface area contributed by atoms with Gasteiger partial charge >= 0.3 is 5.97 Å². The topological polar surface area (TPSA) is 40.5 Å². The second-order valence-corrected chi connectivity index (χ2v) is 8.12. The molecule has 1 heterocycles. The quantitative estimate of drug-likeness (QED) is 0.837. The van der Waals surface area contributed by atoms with Crippen molar-refractivity contribution in [3.63, 3.8) is 0 Å². The molecule has 0 bridgehead atoms. The van der Waals surface area contributed by atoms with Crippen LogP contribution in [0.1, 0.15) is 66.2 Å². The summed E-state index contributed by atoms with van der Waals surface area (Å²) in [6, 6.07) is 0. The summed E-state index contributed by atoms with van der Waals surface area (Å²) in [4.78, 5) is 13.6. The van der Waals surface area contributed by atoms with E-state index in [0.29, 0.717) is 11.8 Å². The zero-order chi connectivity index (χ0) is 15.1. The molecule has 1 saturated heterocycles. The van der Waals surface area contributed by atoms with Crippen LogP contribution in [0.25, 0.3) is 0 Å². The van der Waals surface area contributed by atoms with Gasteiger partial charge in [-0.25, -0.2) is 0 Å². The minimum Gasteiger partial charge on any atom is -0.481 e. The normalized spacial score (nSPS) is 37.5. The Morgan fingerprint density at radius 3 is 2.10 bits per heavy atom. The average molecular weight is 281 g/mol. The van der Waals surface area contributed by atoms with Crippen LogP contribution in [0.5, 0.6) is 0 Å². The number of aliphatic carboxylic acids is 1. The highest BCUT2D eigenvalue weighted by Gasteiger charge is 2.48. The second-order valence-electron chi connectivity index (χ2n) is 8.12. The Bertz CT molecular complexity index is 367. The lowest BCUT2D eigenvalue weighted by molar-refractivity contribution is -0.143. The Morgan fingerprint density at radius 1 is 1.05 bits per heavy atom. The van der Waals surface area contributed by atoms with Crippen LogP contribution in [-0.2, 0) is 4.79 Å². The average Bonchev–Trinajstić information content (AvgIpc) is 2.36. The van der Waals surface area contributed by atoms with Gasteiger partial charge in [0.1, 0.15) is 0 Å². The van der Waals surface area contributed by atoms with Crippen molar-refractivity contribution in [1.82, 2.24) is 4.90 Å². The van der Waals surface area contributed by atoms with E-state index in [1.54, 1.807) is 0 Å². The number of carboxylic acid groups (broad SMARTS) is 1.